The third-order valence-electron chi connectivity index (χ3n) is 4.21. The lowest BCUT2D eigenvalue weighted by molar-refractivity contribution is -0.117. The summed E-state index contributed by atoms with van der Waals surface area (Å²) in [5.41, 5.74) is 2.31. The minimum Gasteiger partial charge on any atom is -0.323 e. The number of hydrogen-bond acceptors (Lipinski definition) is 2. The number of carbonyl (C=O) groups is 1. The predicted octanol–water partition coefficient (Wildman–Crippen LogP) is 3.35. The Morgan fingerprint density at radius 3 is 2.87 bits per heavy atom. The Bertz CT molecular complexity index is 746. The van der Waals surface area contributed by atoms with Crippen molar-refractivity contribution in [3.8, 4) is 0 Å². The van der Waals surface area contributed by atoms with E-state index in [1.54, 1.807) is 25.1 Å². The Kier molecular flexibility index (Phi) is 4.39. The number of halogens is 2. The minimum absolute atomic E-state index is 0.180. The molecule has 0 radical (unpaired) electrons. The van der Waals surface area contributed by atoms with E-state index in [1.807, 2.05) is 6.07 Å². The van der Waals surface area contributed by atoms with Crippen molar-refractivity contribution in [1.29, 1.82) is 0 Å². The standard InChI is InChI=1S/C18H18F2N2O/c1-11(12-3-2-4-14(19)9-12)18(23)22-16-6-5-13-10-21-8-7-15(13)17(16)20/h2-6,9,11,21H,7-8,10H2,1H3,(H,22,23). The molecule has 1 aliphatic rings. The summed E-state index contributed by atoms with van der Waals surface area (Å²) in [7, 11) is 0. The number of nitrogens with one attached hydrogen (secondary N) is 2. The van der Waals surface area contributed by atoms with Crippen LogP contribution in [-0.2, 0) is 17.8 Å². The van der Waals surface area contributed by atoms with Crippen molar-refractivity contribution in [3.63, 3.8) is 0 Å². The monoisotopic (exact) mass is 316 g/mol. The SMILES string of the molecule is CC(C(=O)Nc1ccc2c(c1F)CCNC2)c1cccc(F)c1. The number of rotatable bonds is 3. The highest BCUT2D eigenvalue weighted by molar-refractivity contribution is 5.95. The van der Waals surface area contributed by atoms with Crippen molar-refractivity contribution in [2.24, 2.45) is 0 Å². The lowest BCUT2D eigenvalue weighted by Crippen LogP contribution is -2.26. The molecule has 2 N–H and O–H groups in total. The topological polar surface area (TPSA) is 41.1 Å². The van der Waals surface area contributed by atoms with Gasteiger partial charge in [-0.15, -0.1) is 0 Å². The summed E-state index contributed by atoms with van der Waals surface area (Å²) < 4.78 is 27.8. The molecule has 0 aliphatic carbocycles. The summed E-state index contributed by atoms with van der Waals surface area (Å²) >= 11 is 0. The van der Waals surface area contributed by atoms with Gasteiger partial charge >= 0.3 is 0 Å². The molecule has 1 aliphatic heterocycles. The highest BCUT2D eigenvalue weighted by atomic mass is 19.1. The molecule has 1 heterocycles. The molecule has 120 valence electrons. The molecular formula is C18H18F2N2O. The maximum Gasteiger partial charge on any atom is 0.231 e. The maximum atomic E-state index is 14.5. The first-order valence-electron chi connectivity index (χ1n) is 7.63. The van der Waals surface area contributed by atoms with Crippen molar-refractivity contribution in [2.75, 3.05) is 11.9 Å². The maximum absolute atomic E-state index is 14.5. The third-order valence-corrected chi connectivity index (χ3v) is 4.21. The summed E-state index contributed by atoms with van der Waals surface area (Å²) in [6, 6.07) is 9.29. The summed E-state index contributed by atoms with van der Waals surface area (Å²) in [4.78, 5) is 12.3. The van der Waals surface area contributed by atoms with E-state index < -0.39 is 11.7 Å². The van der Waals surface area contributed by atoms with Gasteiger partial charge in [0.15, 0.2) is 0 Å². The number of anilines is 1. The fourth-order valence-electron chi connectivity index (χ4n) is 2.80. The quantitative estimate of drug-likeness (QED) is 0.912. The first-order valence-corrected chi connectivity index (χ1v) is 7.63. The molecule has 0 bridgehead atoms. The number of fused-ring (bicyclic) bond motifs is 1. The van der Waals surface area contributed by atoms with Crippen molar-refractivity contribution in [1.82, 2.24) is 5.32 Å². The van der Waals surface area contributed by atoms with Crippen molar-refractivity contribution >= 4 is 11.6 Å². The lowest BCUT2D eigenvalue weighted by Gasteiger charge is -2.20. The van der Waals surface area contributed by atoms with Crippen LogP contribution < -0.4 is 10.6 Å². The fraction of sp³-hybridized carbons (Fsp3) is 0.278. The molecule has 3 nitrogen and oxygen atoms in total. The normalized spacial score (nSPS) is 14.9. The molecule has 0 fully saturated rings. The van der Waals surface area contributed by atoms with E-state index in [0.717, 1.165) is 12.1 Å². The first kappa shape index (κ1) is 15.6. The van der Waals surface area contributed by atoms with E-state index in [0.29, 0.717) is 24.1 Å². The Labute approximate surface area is 133 Å². The molecule has 1 unspecified atom stereocenters. The Morgan fingerprint density at radius 1 is 1.26 bits per heavy atom. The molecule has 2 aromatic carbocycles. The van der Waals surface area contributed by atoms with E-state index in [4.69, 9.17) is 0 Å². The first-order chi connectivity index (χ1) is 11.1. The molecule has 3 rings (SSSR count). The van der Waals surface area contributed by atoms with Gasteiger partial charge in [0, 0.05) is 6.54 Å². The largest absolute Gasteiger partial charge is 0.323 e. The van der Waals surface area contributed by atoms with E-state index >= 15 is 0 Å². The molecule has 1 atom stereocenters. The highest BCUT2D eigenvalue weighted by Gasteiger charge is 2.20. The van der Waals surface area contributed by atoms with Crippen molar-refractivity contribution in [2.45, 2.75) is 25.8 Å². The fourth-order valence-corrected chi connectivity index (χ4v) is 2.80. The molecule has 23 heavy (non-hydrogen) atoms. The smallest absolute Gasteiger partial charge is 0.231 e. The molecule has 0 spiro atoms. The minimum atomic E-state index is -0.567. The molecule has 0 aromatic heterocycles. The van der Waals surface area contributed by atoms with Gasteiger partial charge in [0.1, 0.15) is 11.6 Å². The van der Waals surface area contributed by atoms with E-state index in [1.165, 1.54) is 12.1 Å². The van der Waals surface area contributed by atoms with Gasteiger partial charge < -0.3 is 10.6 Å². The lowest BCUT2D eigenvalue weighted by atomic mass is 9.98. The van der Waals surface area contributed by atoms with Crippen LogP contribution in [0, 0.1) is 11.6 Å². The van der Waals surface area contributed by atoms with Gasteiger partial charge in [0.2, 0.25) is 5.91 Å². The summed E-state index contributed by atoms with van der Waals surface area (Å²) in [6.45, 7) is 3.03. The second kappa shape index (κ2) is 6.46. The molecule has 0 saturated heterocycles. The zero-order chi connectivity index (χ0) is 16.4. The van der Waals surface area contributed by atoms with Crippen molar-refractivity contribution in [3.05, 3.63) is 64.7 Å². The van der Waals surface area contributed by atoms with Gasteiger partial charge in [0.25, 0.3) is 0 Å². The second-order valence-corrected chi connectivity index (χ2v) is 5.76. The summed E-state index contributed by atoms with van der Waals surface area (Å²) in [5, 5.41) is 5.81. The number of carbonyl (C=O) groups excluding carboxylic acids is 1. The number of benzene rings is 2. The van der Waals surface area contributed by atoms with Gasteiger partial charge in [-0.05, 0) is 54.8 Å². The third kappa shape index (κ3) is 3.24. The average molecular weight is 316 g/mol. The van der Waals surface area contributed by atoms with Crippen LogP contribution in [0.15, 0.2) is 36.4 Å². The predicted molar refractivity (Wildman–Crippen MR) is 85.3 cm³/mol. The van der Waals surface area contributed by atoms with Gasteiger partial charge in [-0.1, -0.05) is 18.2 Å². The Hall–Kier alpha value is -2.27. The second-order valence-electron chi connectivity index (χ2n) is 5.76. The molecule has 0 saturated carbocycles. The van der Waals surface area contributed by atoms with Crippen LogP contribution in [0.1, 0.15) is 29.5 Å². The molecule has 5 heteroatoms. The van der Waals surface area contributed by atoms with Crippen molar-refractivity contribution < 1.29 is 13.6 Å². The number of amides is 1. The van der Waals surface area contributed by atoms with Gasteiger partial charge in [0.05, 0.1) is 11.6 Å². The van der Waals surface area contributed by atoms with Gasteiger partial charge in [-0.25, -0.2) is 8.78 Å². The van der Waals surface area contributed by atoms with Gasteiger partial charge in [-0.3, -0.25) is 4.79 Å². The zero-order valence-electron chi connectivity index (χ0n) is 12.8. The number of hydrogen-bond donors (Lipinski definition) is 2. The highest BCUT2D eigenvalue weighted by Crippen LogP contribution is 2.26. The zero-order valence-corrected chi connectivity index (χ0v) is 12.8. The van der Waals surface area contributed by atoms with Crippen LogP contribution in [0.3, 0.4) is 0 Å². The molecular weight excluding hydrogens is 298 g/mol. The van der Waals surface area contributed by atoms with Gasteiger partial charge in [-0.2, -0.15) is 0 Å². The molecule has 2 aromatic rings. The van der Waals surface area contributed by atoms with Crippen LogP contribution >= 0.6 is 0 Å². The van der Waals surface area contributed by atoms with E-state index in [9.17, 15) is 13.6 Å². The Morgan fingerprint density at radius 2 is 2.09 bits per heavy atom. The van der Waals surface area contributed by atoms with Crippen LogP contribution in [-0.4, -0.2) is 12.5 Å². The van der Waals surface area contributed by atoms with Crippen LogP contribution in [0.2, 0.25) is 0 Å². The summed E-state index contributed by atoms with van der Waals surface area (Å²) in [6.07, 6.45) is 0.602. The van der Waals surface area contributed by atoms with Crippen LogP contribution in [0.5, 0.6) is 0 Å². The van der Waals surface area contributed by atoms with E-state index in [2.05, 4.69) is 10.6 Å². The average Bonchev–Trinajstić information content (AvgIpc) is 2.57. The molecule has 1 amide bonds. The van der Waals surface area contributed by atoms with Crippen LogP contribution in [0.25, 0.3) is 0 Å². The Balaban J connectivity index is 1.80. The van der Waals surface area contributed by atoms with E-state index in [-0.39, 0.29) is 17.4 Å². The van der Waals surface area contributed by atoms with Crippen LogP contribution in [0.4, 0.5) is 14.5 Å². The summed E-state index contributed by atoms with van der Waals surface area (Å²) in [5.74, 6) is -1.69.